The fourth-order valence-electron chi connectivity index (χ4n) is 3.90. The Balaban J connectivity index is 1.85. The van der Waals surface area contributed by atoms with Gasteiger partial charge in [-0.2, -0.15) is 0 Å². The summed E-state index contributed by atoms with van der Waals surface area (Å²) in [6.07, 6.45) is 2.50. The minimum Gasteiger partial charge on any atom is -0.357 e. The van der Waals surface area contributed by atoms with Crippen molar-refractivity contribution < 1.29 is 20.4 Å². The second kappa shape index (κ2) is 5.45. The smallest absolute Gasteiger partial charge is 0.129 e. The summed E-state index contributed by atoms with van der Waals surface area (Å²) in [6.45, 7) is 15.7. The molecule has 3 fully saturated rings. The van der Waals surface area contributed by atoms with Crippen molar-refractivity contribution in [2.45, 2.75) is 38.8 Å². The van der Waals surface area contributed by atoms with Gasteiger partial charge in [0.15, 0.2) is 0 Å². The van der Waals surface area contributed by atoms with E-state index in [1.54, 1.807) is 0 Å². The predicted octanol–water partition coefficient (Wildman–Crippen LogP) is -1.31. The van der Waals surface area contributed by atoms with E-state index in [1.807, 2.05) is 0 Å². The normalized spacial score (nSPS) is 37.2. The quantitative estimate of drug-likeness (QED) is 0.556. The number of fused-ring (bicyclic) bond motifs is 3. The highest BCUT2D eigenvalue weighted by Crippen LogP contribution is 2.29. The summed E-state index contributed by atoms with van der Waals surface area (Å²) in [6, 6.07) is 1.45. The van der Waals surface area contributed by atoms with Crippen LogP contribution in [0.3, 0.4) is 0 Å². The number of piperazine rings is 3. The molecule has 0 aromatic rings. The van der Waals surface area contributed by atoms with Crippen molar-refractivity contribution in [1.29, 1.82) is 0 Å². The second-order valence-corrected chi connectivity index (χ2v) is 7.02. The standard InChI is InChI=1S/C14H32N4/c1-13(2)18-10-7-17(8-11-18,9-12-18)6-4-14(16)3-5-15/h13-14H,3-12,15-16H2,1-2H3/q+2/p+2. The second-order valence-electron chi connectivity index (χ2n) is 7.02. The van der Waals surface area contributed by atoms with E-state index in [0.29, 0.717) is 6.04 Å². The molecule has 18 heavy (non-hydrogen) atoms. The van der Waals surface area contributed by atoms with E-state index < -0.39 is 0 Å². The minimum atomic E-state index is 0.628. The Morgan fingerprint density at radius 3 is 1.94 bits per heavy atom. The van der Waals surface area contributed by atoms with Gasteiger partial charge in [-0.3, -0.25) is 0 Å². The molecule has 3 heterocycles. The molecule has 2 bridgehead atoms. The first-order chi connectivity index (χ1) is 8.52. The van der Waals surface area contributed by atoms with Crippen molar-refractivity contribution in [2.24, 2.45) is 0 Å². The van der Waals surface area contributed by atoms with Crippen LogP contribution in [0, 0.1) is 0 Å². The van der Waals surface area contributed by atoms with E-state index >= 15 is 0 Å². The van der Waals surface area contributed by atoms with Crippen LogP contribution in [0.2, 0.25) is 0 Å². The summed E-state index contributed by atoms with van der Waals surface area (Å²) in [5, 5.41) is 0. The summed E-state index contributed by atoms with van der Waals surface area (Å²) in [5.41, 5.74) is 8.22. The lowest BCUT2D eigenvalue weighted by Gasteiger charge is -2.57. The first-order valence-corrected chi connectivity index (χ1v) is 7.85. The lowest BCUT2D eigenvalue weighted by molar-refractivity contribution is -1.09. The van der Waals surface area contributed by atoms with Gasteiger partial charge in [0.25, 0.3) is 0 Å². The maximum atomic E-state index is 4.28. The van der Waals surface area contributed by atoms with Crippen LogP contribution in [0.5, 0.6) is 0 Å². The van der Waals surface area contributed by atoms with Crippen LogP contribution >= 0.6 is 0 Å². The molecule has 0 spiro atoms. The Labute approximate surface area is 112 Å². The van der Waals surface area contributed by atoms with Gasteiger partial charge in [0, 0.05) is 12.8 Å². The fourth-order valence-corrected chi connectivity index (χ4v) is 3.90. The molecule has 0 aliphatic carbocycles. The summed E-state index contributed by atoms with van der Waals surface area (Å²) in [5.74, 6) is 0. The molecule has 3 aliphatic rings. The number of quaternary nitrogens is 4. The van der Waals surface area contributed by atoms with E-state index in [-0.39, 0.29) is 0 Å². The van der Waals surface area contributed by atoms with Gasteiger partial charge in [-0.15, -0.1) is 0 Å². The first kappa shape index (κ1) is 14.3. The van der Waals surface area contributed by atoms with Crippen LogP contribution in [0.15, 0.2) is 0 Å². The Morgan fingerprint density at radius 1 is 0.944 bits per heavy atom. The van der Waals surface area contributed by atoms with E-state index in [4.69, 9.17) is 0 Å². The molecule has 6 N–H and O–H groups in total. The molecule has 1 unspecified atom stereocenters. The van der Waals surface area contributed by atoms with E-state index in [0.717, 1.165) is 12.6 Å². The highest BCUT2D eigenvalue weighted by Gasteiger charge is 2.50. The molecule has 1 atom stereocenters. The van der Waals surface area contributed by atoms with Gasteiger partial charge in [-0.25, -0.2) is 0 Å². The number of hydrogen-bond acceptors (Lipinski definition) is 0. The molecule has 0 amide bonds. The molecule has 3 saturated heterocycles. The van der Waals surface area contributed by atoms with Crippen LogP contribution in [-0.2, 0) is 0 Å². The molecule has 3 aliphatic heterocycles. The number of nitrogens with zero attached hydrogens (tertiary/aromatic N) is 2. The summed E-state index contributed by atoms with van der Waals surface area (Å²) >= 11 is 0. The number of rotatable bonds is 6. The van der Waals surface area contributed by atoms with Crippen molar-refractivity contribution >= 4 is 0 Å². The molecule has 3 rings (SSSR count). The zero-order valence-corrected chi connectivity index (χ0v) is 12.5. The Kier molecular flexibility index (Phi) is 4.32. The van der Waals surface area contributed by atoms with Gasteiger partial charge in [0.1, 0.15) is 39.3 Å². The van der Waals surface area contributed by atoms with Crippen LogP contribution in [-0.4, -0.2) is 73.4 Å². The van der Waals surface area contributed by atoms with Crippen LogP contribution in [0.25, 0.3) is 0 Å². The van der Waals surface area contributed by atoms with Crippen molar-refractivity contribution in [3.05, 3.63) is 0 Å². The zero-order chi connectivity index (χ0) is 13.2. The van der Waals surface area contributed by atoms with Crippen LogP contribution < -0.4 is 11.5 Å². The highest BCUT2D eigenvalue weighted by atomic mass is 15.5. The Morgan fingerprint density at radius 2 is 1.50 bits per heavy atom. The highest BCUT2D eigenvalue weighted by molar-refractivity contribution is 4.65. The van der Waals surface area contributed by atoms with Gasteiger partial charge in [0.2, 0.25) is 0 Å². The van der Waals surface area contributed by atoms with Gasteiger partial charge >= 0.3 is 0 Å². The van der Waals surface area contributed by atoms with Gasteiger partial charge in [0.05, 0.1) is 25.2 Å². The van der Waals surface area contributed by atoms with Crippen LogP contribution in [0.4, 0.5) is 0 Å². The molecule has 106 valence electrons. The third-order valence-corrected chi connectivity index (χ3v) is 5.78. The third-order valence-electron chi connectivity index (χ3n) is 5.78. The largest absolute Gasteiger partial charge is 0.357 e. The molecule has 0 aromatic heterocycles. The molecule has 4 nitrogen and oxygen atoms in total. The van der Waals surface area contributed by atoms with Gasteiger partial charge in [-0.1, -0.05) is 0 Å². The summed E-state index contributed by atoms with van der Waals surface area (Å²) < 4.78 is 2.79. The summed E-state index contributed by atoms with van der Waals surface area (Å²) in [7, 11) is 0. The average molecular weight is 258 g/mol. The monoisotopic (exact) mass is 258 g/mol. The average Bonchev–Trinajstić information content (AvgIpc) is 2.39. The first-order valence-electron chi connectivity index (χ1n) is 7.85. The maximum absolute atomic E-state index is 4.28. The SMILES string of the molecule is CC(C)[N+]12CC[N+](CCC([NH3+])CC[NH3+])(CC1)CC2. The van der Waals surface area contributed by atoms with E-state index in [9.17, 15) is 0 Å². The molecule has 4 heteroatoms. The van der Waals surface area contributed by atoms with Crippen molar-refractivity contribution in [1.82, 2.24) is 0 Å². The van der Waals surface area contributed by atoms with E-state index in [1.165, 1.54) is 67.6 Å². The third kappa shape index (κ3) is 2.72. The van der Waals surface area contributed by atoms with E-state index in [2.05, 4.69) is 25.3 Å². The number of hydrogen-bond donors (Lipinski definition) is 2. The minimum absolute atomic E-state index is 0.628. The lowest BCUT2D eigenvalue weighted by Crippen LogP contribution is -2.77. The zero-order valence-electron chi connectivity index (χ0n) is 12.5. The molecular weight excluding hydrogens is 224 g/mol. The van der Waals surface area contributed by atoms with Crippen molar-refractivity contribution in [2.75, 3.05) is 52.4 Å². The van der Waals surface area contributed by atoms with Gasteiger partial charge < -0.3 is 20.4 Å². The predicted molar refractivity (Wildman–Crippen MR) is 73.4 cm³/mol. The topological polar surface area (TPSA) is 55.3 Å². The lowest BCUT2D eigenvalue weighted by atomic mass is 10.0. The van der Waals surface area contributed by atoms with Crippen molar-refractivity contribution in [3.63, 3.8) is 0 Å². The molecular formula is C14H34N4+4. The van der Waals surface area contributed by atoms with Gasteiger partial charge in [-0.05, 0) is 13.8 Å². The Bertz CT molecular complexity index is 252. The summed E-state index contributed by atoms with van der Waals surface area (Å²) in [4.78, 5) is 0. The molecule has 0 aromatic carbocycles. The fraction of sp³-hybridized carbons (Fsp3) is 1.00. The Hall–Kier alpha value is -0.160. The van der Waals surface area contributed by atoms with Crippen molar-refractivity contribution in [3.8, 4) is 0 Å². The van der Waals surface area contributed by atoms with Crippen LogP contribution in [0.1, 0.15) is 26.7 Å². The molecule has 0 saturated carbocycles. The molecule has 0 radical (unpaired) electrons. The maximum Gasteiger partial charge on any atom is 0.129 e.